The molecule has 0 aromatic rings. The lowest BCUT2D eigenvalue weighted by molar-refractivity contribution is 0.0858. The molecule has 0 aliphatic heterocycles. The highest BCUT2D eigenvalue weighted by atomic mass is 16.3. The van der Waals surface area contributed by atoms with E-state index in [1.807, 2.05) is 26.0 Å². The van der Waals surface area contributed by atoms with Gasteiger partial charge >= 0.3 is 0 Å². The van der Waals surface area contributed by atoms with E-state index < -0.39 is 17.8 Å². The van der Waals surface area contributed by atoms with E-state index in [1.165, 1.54) is 31.3 Å². The molecule has 178 valence electrons. The van der Waals surface area contributed by atoms with E-state index in [0.717, 1.165) is 17.6 Å². The van der Waals surface area contributed by atoms with Crippen molar-refractivity contribution in [3.8, 4) is 0 Å². The summed E-state index contributed by atoms with van der Waals surface area (Å²) in [7, 11) is 0. The zero-order valence-corrected chi connectivity index (χ0v) is 20.6. The summed E-state index contributed by atoms with van der Waals surface area (Å²) in [5, 5.41) is 30.4. The first kappa shape index (κ1) is 25.2. The molecule has 0 spiro atoms. The molecule has 0 radical (unpaired) electrons. The van der Waals surface area contributed by atoms with Crippen LogP contribution >= 0.6 is 0 Å². The van der Waals surface area contributed by atoms with Gasteiger partial charge < -0.3 is 15.3 Å². The highest BCUT2D eigenvalue weighted by Gasteiger charge is 2.51. The van der Waals surface area contributed by atoms with Crippen molar-refractivity contribution in [3.05, 3.63) is 60.3 Å². The van der Waals surface area contributed by atoms with Gasteiger partial charge in [-0.2, -0.15) is 0 Å². The Morgan fingerprint density at radius 3 is 2.56 bits per heavy atom. The Kier molecular flexibility index (Phi) is 7.74. The third-order valence-electron chi connectivity index (χ3n) is 8.54. The third-order valence-corrected chi connectivity index (χ3v) is 8.54. The van der Waals surface area contributed by atoms with Crippen LogP contribution in [0.5, 0.6) is 0 Å². The van der Waals surface area contributed by atoms with Crippen molar-refractivity contribution in [2.24, 2.45) is 29.1 Å². The molecule has 0 amide bonds. The van der Waals surface area contributed by atoms with E-state index in [2.05, 4.69) is 45.2 Å². The summed E-state index contributed by atoms with van der Waals surface area (Å²) in [4.78, 5) is 0. The molecule has 3 fully saturated rings. The number of allylic oxidation sites excluding steroid dienone is 5. The summed E-state index contributed by atoms with van der Waals surface area (Å²) in [6.45, 7) is 16.6. The van der Waals surface area contributed by atoms with Crippen LogP contribution in [0.1, 0.15) is 72.6 Å². The van der Waals surface area contributed by atoms with Gasteiger partial charge in [0.15, 0.2) is 0 Å². The quantitative estimate of drug-likeness (QED) is 0.451. The predicted molar refractivity (Wildman–Crippen MR) is 133 cm³/mol. The van der Waals surface area contributed by atoms with Crippen LogP contribution in [0.4, 0.5) is 0 Å². The molecule has 0 unspecified atom stereocenters. The molecule has 32 heavy (non-hydrogen) atoms. The lowest BCUT2D eigenvalue weighted by Crippen LogP contribution is -2.37. The second kappa shape index (κ2) is 9.83. The Hall–Kier alpha value is -1.42. The van der Waals surface area contributed by atoms with Gasteiger partial charge in [-0.25, -0.2) is 0 Å². The number of hydrogen-bond acceptors (Lipinski definition) is 3. The highest BCUT2D eigenvalue weighted by Crippen LogP contribution is 2.60. The molecule has 0 bridgehead atoms. The molecule has 3 aliphatic rings. The standard InChI is InChI=1S/C29H44O3/c1-7-21(14-16-28(4,5)32)19(2)25-12-13-26-22(9-8-15-29(25,26)6)10-11-23-17-24(30)18-27(31)20(23)3/h7,10-11,14,16,19,21,24-27,30-32H,1,3,8-9,12-13,15,17-18H2,2,4-6H3/b16-14+,22-10+,23-11-/t19-,21-,24-,25-,26+,27+,29-/m1/s1. The van der Waals surface area contributed by atoms with Crippen molar-refractivity contribution in [2.75, 3.05) is 0 Å². The van der Waals surface area contributed by atoms with Crippen LogP contribution in [-0.4, -0.2) is 33.1 Å². The van der Waals surface area contributed by atoms with Crippen LogP contribution in [0, 0.1) is 29.1 Å². The fourth-order valence-corrected chi connectivity index (χ4v) is 6.69. The first-order valence-electron chi connectivity index (χ1n) is 12.5. The zero-order chi connectivity index (χ0) is 23.7. The molecule has 3 heteroatoms. The zero-order valence-electron chi connectivity index (χ0n) is 20.6. The van der Waals surface area contributed by atoms with Gasteiger partial charge in [0.2, 0.25) is 0 Å². The van der Waals surface area contributed by atoms with Crippen molar-refractivity contribution < 1.29 is 15.3 Å². The average Bonchev–Trinajstić information content (AvgIpc) is 3.06. The molecule has 7 atom stereocenters. The maximum absolute atomic E-state index is 10.2. The lowest BCUT2D eigenvalue weighted by atomic mass is 9.59. The number of fused-ring (bicyclic) bond motifs is 1. The van der Waals surface area contributed by atoms with Gasteiger partial charge in [0, 0.05) is 6.42 Å². The van der Waals surface area contributed by atoms with Crippen molar-refractivity contribution in [2.45, 2.75) is 90.4 Å². The van der Waals surface area contributed by atoms with Crippen LogP contribution in [-0.2, 0) is 0 Å². The Labute approximate surface area is 195 Å². The molecule has 3 nitrogen and oxygen atoms in total. The van der Waals surface area contributed by atoms with Gasteiger partial charge in [-0.1, -0.05) is 56.4 Å². The highest BCUT2D eigenvalue weighted by molar-refractivity contribution is 5.38. The van der Waals surface area contributed by atoms with Crippen LogP contribution in [0.15, 0.2) is 60.3 Å². The second-order valence-electron chi connectivity index (χ2n) is 11.3. The number of hydrogen-bond donors (Lipinski definition) is 3. The van der Waals surface area contributed by atoms with Crippen molar-refractivity contribution >= 4 is 0 Å². The second-order valence-corrected chi connectivity index (χ2v) is 11.3. The van der Waals surface area contributed by atoms with Gasteiger partial charge in [-0.05, 0) is 92.6 Å². The maximum Gasteiger partial charge on any atom is 0.0811 e. The van der Waals surface area contributed by atoms with Crippen LogP contribution in [0.2, 0.25) is 0 Å². The van der Waals surface area contributed by atoms with E-state index >= 15 is 0 Å². The van der Waals surface area contributed by atoms with Gasteiger partial charge in [-0.3, -0.25) is 0 Å². The minimum absolute atomic E-state index is 0.256. The summed E-state index contributed by atoms with van der Waals surface area (Å²) in [6.07, 6.45) is 16.4. The van der Waals surface area contributed by atoms with E-state index in [0.29, 0.717) is 30.6 Å². The molecular formula is C29H44O3. The first-order valence-corrected chi connectivity index (χ1v) is 12.5. The van der Waals surface area contributed by atoms with Crippen molar-refractivity contribution in [1.29, 1.82) is 0 Å². The third kappa shape index (κ3) is 5.38. The lowest BCUT2D eigenvalue weighted by Gasteiger charge is -2.45. The SMILES string of the molecule is C=C[C@H](/C=C/C(C)(C)O)[C@@H](C)[C@H]1CC[C@H]2/C(=C/C=C3/C[C@@H](O)C[C@H](O)C3=C)CCC[C@]12C. The average molecular weight is 441 g/mol. The molecule has 0 heterocycles. The largest absolute Gasteiger partial charge is 0.393 e. The summed E-state index contributed by atoms with van der Waals surface area (Å²) in [6, 6.07) is 0. The number of rotatable bonds is 6. The minimum Gasteiger partial charge on any atom is -0.393 e. The summed E-state index contributed by atoms with van der Waals surface area (Å²) in [5.74, 6) is 1.93. The monoisotopic (exact) mass is 440 g/mol. The van der Waals surface area contributed by atoms with Gasteiger partial charge in [0.05, 0.1) is 17.8 Å². The number of aliphatic hydroxyl groups is 3. The Morgan fingerprint density at radius 2 is 1.91 bits per heavy atom. The normalized spacial score (nSPS) is 38.3. The number of aliphatic hydroxyl groups excluding tert-OH is 2. The molecule has 0 saturated heterocycles. The van der Waals surface area contributed by atoms with Gasteiger partial charge in [0.1, 0.15) is 0 Å². The molecular weight excluding hydrogens is 396 g/mol. The minimum atomic E-state index is -0.804. The van der Waals surface area contributed by atoms with Crippen LogP contribution in [0.3, 0.4) is 0 Å². The fraction of sp³-hybridized carbons (Fsp3) is 0.655. The Bertz CT molecular complexity index is 796. The van der Waals surface area contributed by atoms with Gasteiger partial charge in [0.25, 0.3) is 0 Å². The van der Waals surface area contributed by atoms with Crippen LogP contribution in [0.25, 0.3) is 0 Å². The maximum atomic E-state index is 10.2. The topological polar surface area (TPSA) is 60.7 Å². The van der Waals surface area contributed by atoms with Crippen molar-refractivity contribution in [1.82, 2.24) is 0 Å². The smallest absolute Gasteiger partial charge is 0.0811 e. The van der Waals surface area contributed by atoms with Gasteiger partial charge in [-0.15, -0.1) is 6.58 Å². The molecule has 3 aliphatic carbocycles. The summed E-state index contributed by atoms with van der Waals surface area (Å²) >= 11 is 0. The van der Waals surface area contributed by atoms with Crippen molar-refractivity contribution in [3.63, 3.8) is 0 Å². The molecule has 3 rings (SSSR count). The Morgan fingerprint density at radius 1 is 1.19 bits per heavy atom. The summed E-state index contributed by atoms with van der Waals surface area (Å²) in [5.41, 5.74) is 2.74. The van der Waals surface area contributed by atoms with E-state index in [9.17, 15) is 15.3 Å². The fourth-order valence-electron chi connectivity index (χ4n) is 6.69. The molecule has 0 aromatic carbocycles. The summed E-state index contributed by atoms with van der Waals surface area (Å²) < 4.78 is 0. The molecule has 3 saturated carbocycles. The molecule has 3 N–H and O–H groups in total. The van der Waals surface area contributed by atoms with Crippen LogP contribution < -0.4 is 0 Å². The molecule has 0 aromatic heterocycles. The Balaban J connectivity index is 1.81. The van der Waals surface area contributed by atoms with E-state index in [1.54, 1.807) is 0 Å². The predicted octanol–water partition coefficient (Wildman–Crippen LogP) is 5.89. The van der Waals surface area contributed by atoms with E-state index in [4.69, 9.17) is 0 Å². The van der Waals surface area contributed by atoms with E-state index in [-0.39, 0.29) is 11.3 Å². The first-order chi connectivity index (χ1) is 15.0.